The Balaban J connectivity index is 1.07. The van der Waals surface area contributed by atoms with Crippen LogP contribution < -0.4 is 18.9 Å². The van der Waals surface area contributed by atoms with Crippen LogP contribution in [-0.2, 0) is 30.5 Å². The van der Waals surface area contributed by atoms with Crippen molar-refractivity contribution >= 4 is 23.5 Å². The third kappa shape index (κ3) is 6.61. The fourth-order valence-corrected chi connectivity index (χ4v) is 9.81. The summed E-state index contributed by atoms with van der Waals surface area (Å²) >= 11 is 3.05. The second kappa shape index (κ2) is 16.3. The summed E-state index contributed by atoms with van der Waals surface area (Å²) in [4.78, 5) is 3.43. The van der Waals surface area contributed by atoms with E-state index in [1.54, 1.807) is 12.1 Å². The Hall–Kier alpha value is -3.54. The van der Waals surface area contributed by atoms with Gasteiger partial charge in [0.05, 0.1) is 62.6 Å². The zero-order valence-corrected chi connectivity index (χ0v) is 31.1. The normalized spacial score (nSPS) is 23.9. The van der Waals surface area contributed by atoms with E-state index in [-0.39, 0.29) is 64.7 Å². The topological polar surface area (TPSA) is 155 Å². The molecule has 4 aliphatic rings. The van der Waals surface area contributed by atoms with Crippen LogP contribution in [0.15, 0.2) is 92.4 Å². The SMILES string of the molecule is OCCOc1ccc2c(c1OCCO)Sc1ccccc1C21OCC(C2COC3(OC2)c2ccccc2Sc2c3ccc(OCCO)c2OCCO)CO1. The Morgan fingerprint density at radius 3 is 1.24 bits per heavy atom. The summed E-state index contributed by atoms with van der Waals surface area (Å²) in [5.74, 6) is -0.683. The summed E-state index contributed by atoms with van der Waals surface area (Å²) in [5.41, 5.74) is 3.34. The molecule has 0 radical (unpaired) electrons. The number of aliphatic hydroxyl groups is 4. The lowest BCUT2D eigenvalue weighted by molar-refractivity contribution is -0.309. The van der Waals surface area contributed by atoms with E-state index in [0.717, 1.165) is 41.8 Å². The molecule has 8 rings (SSSR count). The third-order valence-electron chi connectivity index (χ3n) is 9.81. The molecule has 4 aromatic carbocycles. The van der Waals surface area contributed by atoms with Crippen LogP contribution in [-0.4, -0.2) is 99.7 Å². The van der Waals surface area contributed by atoms with Crippen molar-refractivity contribution in [2.24, 2.45) is 11.8 Å². The quantitative estimate of drug-likeness (QED) is 0.150. The van der Waals surface area contributed by atoms with Crippen molar-refractivity contribution in [3.8, 4) is 23.0 Å². The number of benzene rings is 4. The van der Waals surface area contributed by atoms with Gasteiger partial charge in [-0.2, -0.15) is 0 Å². The second-order valence-corrected chi connectivity index (χ2v) is 15.1. The van der Waals surface area contributed by atoms with Crippen molar-refractivity contribution in [2.75, 3.05) is 79.3 Å². The van der Waals surface area contributed by atoms with Crippen LogP contribution in [0.1, 0.15) is 22.3 Å². The van der Waals surface area contributed by atoms with E-state index in [9.17, 15) is 20.4 Å². The minimum absolute atomic E-state index is 0.0548. The number of aliphatic hydroxyl groups excluding tert-OH is 4. The molecule has 0 atom stereocenters. The fourth-order valence-electron chi connectivity index (χ4n) is 7.33. The molecule has 54 heavy (non-hydrogen) atoms. The number of hydrogen-bond acceptors (Lipinski definition) is 14. The summed E-state index contributed by atoms with van der Waals surface area (Å²) in [5, 5.41) is 38.1. The van der Waals surface area contributed by atoms with Crippen molar-refractivity contribution in [1.82, 2.24) is 0 Å². The summed E-state index contributed by atoms with van der Waals surface area (Å²) < 4.78 is 51.2. The van der Waals surface area contributed by atoms with Crippen LogP contribution in [0.5, 0.6) is 23.0 Å². The van der Waals surface area contributed by atoms with Crippen LogP contribution in [0.3, 0.4) is 0 Å². The molecule has 12 nitrogen and oxygen atoms in total. The van der Waals surface area contributed by atoms with Gasteiger partial charge in [0.25, 0.3) is 0 Å². The van der Waals surface area contributed by atoms with Crippen molar-refractivity contribution in [1.29, 1.82) is 0 Å². The summed E-state index contributed by atoms with van der Waals surface area (Å²) in [6, 6.07) is 23.4. The lowest BCUT2D eigenvalue weighted by Gasteiger charge is -2.48. The molecule has 4 aliphatic heterocycles. The molecular weight excluding hydrogens is 737 g/mol. The molecule has 0 saturated carbocycles. The van der Waals surface area contributed by atoms with Gasteiger partial charge in [0, 0.05) is 43.9 Å². The zero-order chi connectivity index (χ0) is 37.1. The number of rotatable bonds is 13. The largest absolute Gasteiger partial charge is 0.487 e. The van der Waals surface area contributed by atoms with Crippen molar-refractivity contribution < 1.29 is 58.3 Å². The first-order valence-electron chi connectivity index (χ1n) is 18.0. The van der Waals surface area contributed by atoms with Gasteiger partial charge in [-0.25, -0.2) is 0 Å². The maximum absolute atomic E-state index is 9.60. The molecule has 2 saturated heterocycles. The van der Waals surface area contributed by atoms with Crippen molar-refractivity contribution in [3.63, 3.8) is 0 Å². The zero-order valence-electron chi connectivity index (χ0n) is 29.4. The Bertz CT molecular complexity index is 1800. The van der Waals surface area contributed by atoms with Crippen LogP contribution in [0, 0.1) is 11.8 Å². The fraction of sp³-hybridized carbons (Fsp3) is 0.400. The molecule has 14 heteroatoms. The summed E-state index contributed by atoms with van der Waals surface area (Å²) in [6.07, 6.45) is 0. The van der Waals surface area contributed by atoms with E-state index >= 15 is 0 Å². The number of fused-ring (bicyclic) bond motifs is 8. The van der Waals surface area contributed by atoms with Gasteiger partial charge in [-0.1, -0.05) is 59.9 Å². The molecule has 286 valence electrons. The van der Waals surface area contributed by atoms with E-state index < -0.39 is 11.6 Å². The molecule has 0 amide bonds. The highest BCUT2D eigenvalue weighted by atomic mass is 32.2. The van der Waals surface area contributed by atoms with E-state index in [0.29, 0.717) is 49.4 Å². The second-order valence-electron chi connectivity index (χ2n) is 13.0. The average molecular weight is 779 g/mol. The summed E-state index contributed by atoms with van der Waals surface area (Å²) in [6.45, 7) is 1.13. The predicted octanol–water partition coefficient (Wildman–Crippen LogP) is 4.53. The predicted molar refractivity (Wildman–Crippen MR) is 197 cm³/mol. The van der Waals surface area contributed by atoms with Crippen LogP contribution in [0.25, 0.3) is 0 Å². The average Bonchev–Trinajstić information content (AvgIpc) is 3.21. The molecular formula is C40H42O12S2. The van der Waals surface area contributed by atoms with Gasteiger partial charge < -0.3 is 58.3 Å². The van der Waals surface area contributed by atoms with Gasteiger partial charge in [-0.3, -0.25) is 0 Å². The molecule has 0 aliphatic carbocycles. The minimum Gasteiger partial charge on any atom is -0.487 e. The van der Waals surface area contributed by atoms with Crippen molar-refractivity contribution in [2.45, 2.75) is 31.2 Å². The molecule has 2 fully saturated rings. The highest BCUT2D eigenvalue weighted by Crippen LogP contribution is 2.59. The van der Waals surface area contributed by atoms with Gasteiger partial charge in [-0.15, -0.1) is 0 Å². The van der Waals surface area contributed by atoms with E-state index in [1.807, 2.05) is 60.7 Å². The Kier molecular flexibility index (Phi) is 11.3. The van der Waals surface area contributed by atoms with E-state index in [1.165, 1.54) is 23.5 Å². The lowest BCUT2D eigenvalue weighted by atomic mass is 9.88. The van der Waals surface area contributed by atoms with Crippen LogP contribution in [0.4, 0.5) is 0 Å². The maximum Gasteiger partial charge on any atom is 0.224 e. The first-order chi connectivity index (χ1) is 26.6. The Morgan fingerprint density at radius 2 is 0.852 bits per heavy atom. The van der Waals surface area contributed by atoms with Gasteiger partial charge >= 0.3 is 0 Å². The van der Waals surface area contributed by atoms with Gasteiger partial charge in [-0.05, 0) is 36.4 Å². The standard InChI is InChI=1S/C40H42O12S2/c41-13-17-45-31-11-9-29-37(35(31)47-19-15-43)53-33-7-3-1-5-27(33)39(29)49-21-25(22-50-39)26-23-51-40(52-24-26)28-6-2-4-8-34(28)54-38-30(40)10-12-32(46-18-14-42)36(38)48-20-16-44/h1-12,25-26,41-44H,13-24H2. The van der Waals surface area contributed by atoms with Gasteiger partial charge in [0.2, 0.25) is 11.6 Å². The van der Waals surface area contributed by atoms with E-state index in [4.69, 9.17) is 37.9 Å². The summed E-state index contributed by atoms with van der Waals surface area (Å²) in [7, 11) is 0. The monoisotopic (exact) mass is 778 g/mol. The molecule has 2 spiro atoms. The van der Waals surface area contributed by atoms with Crippen molar-refractivity contribution in [3.05, 3.63) is 95.1 Å². The van der Waals surface area contributed by atoms with E-state index in [2.05, 4.69) is 0 Å². The number of ether oxygens (including phenoxy) is 8. The Morgan fingerprint density at radius 1 is 0.481 bits per heavy atom. The minimum atomic E-state index is -1.21. The van der Waals surface area contributed by atoms with Crippen LogP contribution in [0.2, 0.25) is 0 Å². The Labute approximate surface area is 321 Å². The lowest BCUT2D eigenvalue weighted by Crippen LogP contribution is -2.51. The first kappa shape index (κ1) is 37.4. The molecule has 4 heterocycles. The maximum atomic E-state index is 9.60. The molecule has 4 aromatic rings. The van der Waals surface area contributed by atoms with Gasteiger partial charge in [0.1, 0.15) is 26.4 Å². The highest BCUT2D eigenvalue weighted by Gasteiger charge is 2.52. The van der Waals surface area contributed by atoms with Gasteiger partial charge in [0.15, 0.2) is 23.0 Å². The smallest absolute Gasteiger partial charge is 0.224 e. The molecule has 0 bridgehead atoms. The third-order valence-corrected chi connectivity index (χ3v) is 12.2. The number of hydrogen-bond donors (Lipinski definition) is 4. The molecule has 0 unspecified atom stereocenters. The van der Waals surface area contributed by atoms with Crippen LogP contribution >= 0.6 is 23.5 Å². The highest BCUT2D eigenvalue weighted by molar-refractivity contribution is 8.00. The first-order valence-corrected chi connectivity index (χ1v) is 19.6. The molecule has 4 N–H and O–H groups in total. The molecule has 0 aromatic heterocycles.